The van der Waals surface area contributed by atoms with Gasteiger partial charge in [0, 0.05) is 36.7 Å². The second-order valence-electron chi connectivity index (χ2n) is 4.86. The Morgan fingerprint density at radius 1 is 1.43 bits per heavy atom. The van der Waals surface area contributed by atoms with Gasteiger partial charge >= 0.3 is 0 Å². The van der Waals surface area contributed by atoms with Gasteiger partial charge in [0.2, 0.25) is 11.9 Å². The first kappa shape index (κ1) is 14.3. The molecule has 112 valence electrons. The van der Waals surface area contributed by atoms with Crippen molar-refractivity contribution in [2.45, 2.75) is 13.0 Å². The average Bonchev–Trinajstić information content (AvgIpc) is 2.80. The SMILES string of the molecule is Nc1nc2cc(Br)cnc2n1CCC(=O)N1CCOCC1. The molecule has 0 saturated carbocycles. The maximum Gasteiger partial charge on any atom is 0.224 e. The van der Waals surface area contributed by atoms with Crippen molar-refractivity contribution in [3.63, 3.8) is 0 Å². The van der Waals surface area contributed by atoms with Crippen molar-refractivity contribution >= 4 is 38.9 Å². The van der Waals surface area contributed by atoms with Gasteiger partial charge < -0.3 is 15.4 Å². The van der Waals surface area contributed by atoms with E-state index in [0.29, 0.717) is 50.9 Å². The van der Waals surface area contributed by atoms with Crippen molar-refractivity contribution in [3.8, 4) is 0 Å². The fraction of sp³-hybridized carbons (Fsp3) is 0.462. The van der Waals surface area contributed by atoms with Crippen molar-refractivity contribution in [2.75, 3.05) is 32.0 Å². The molecule has 3 heterocycles. The Morgan fingerprint density at radius 2 is 2.19 bits per heavy atom. The van der Waals surface area contributed by atoms with Crippen LogP contribution >= 0.6 is 15.9 Å². The minimum Gasteiger partial charge on any atom is -0.378 e. The average molecular weight is 354 g/mol. The molecule has 0 atom stereocenters. The summed E-state index contributed by atoms with van der Waals surface area (Å²) in [7, 11) is 0. The number of ether oxygens (including phenoxy) is 1. The number of pyridine rings is 1. The molecule has 0 bridgehead atoms. The van der Waals surface area contributed by atoms with Crippen LogP contribution in [0.1, 0.15) is 6.42 Å². The number of nitrogen functional groups attached to an aromatic ring is 1. The molecule has 0 aliphatic carbocycles. The third-order valence-electron chi connectivity index (χ3n) is 3.49. The summed E-state index contributed by atoms with van der Waals surface area (Å²) in [6.07, 6.45) is 2.08. The third kappa shape index (κ3) is 3.01. The number of aromatic nitrogens is 3. The van der Waals surface area contributed by atoms with Crippen molar-refractivity contribution in [2.24, 2.45) is 0 Å². The lowest BCUT2D eigenvalue weighted by Gasteiger charge is -2.26. The number of carbonyl (C=O) groups excluding carboxylic acids is 1. The van der Waals surface area contributed by atoms with Crippen LogP contribution in [0.25, 0.3) is 11.2 Å². The maximum atomic E-state index is 12.2. The predicted octanol–water partition coefficient (Wildman–Crippen LogP) is 1.02. The summed E-state index contributed by atoms with van der Waals surface area (Å²) >= 11 is 3.36. The van der Waals surface area contributed by atoms with E-state index in [1.165, 1.54) is 0 Å². The van der Waals surface area contributed by atoms with Crippen LogP contribution in [0.3, 0.4) is 0 Å². The van der Waals surface area contributed by atoms with Gasteiger partial charge in [0.05, 0.1) is 13.2 Å². The van der Waals surface area contributed by atoms with Gasteiger partial charge in [0.25, 0.3) is 0 Å². The lowest BCUT2D eigenvalue weighted by Crippen LogP contribution is -2.41. The fourth-order valence-corrected chi connectivity index (χ4v) is 2.72. The molecule has 1 aliphatic heterocycles. The van der Waals surface area contributed by atoms with Gasteiger partial charge in [-0.1, -0.05) is 0 Å². The molecular formula is C13H16BrN5O2. The standard InChI is InChI=1S/C13H16BrN5O2/c14-9-7-10-12(16-8-9)19(13(15)17-10)2-1-11(20)18-3-5-21-6-4-18/h7-8H,1-6H2,(H2,15,17). The zero-order valence-electron chi connectivity index (χ0n) is 11.5. The van der Waals surface area contributed by atoms with E-state index in [2.05, 4.69) is 25.9 Å². The number of rotatable bonds is 3. The zero-order chi connectivity index (χ0) is 14.8. The predicted molar refractivity (Wildman–Crippen MR) is 81.7 cm³/mol. The molecule has 2 aromatic rings. The summed E-state index contributed by atoms with van der Waals surface area (Å²) in [5, 5.41) is 0. The quantitative estimate of drug-likeness (QED) is 0.890. The van der Waals surface area contributed by atoms with E-state index in [0.717, 1.165) is 9.99 Å². The highest BCUT2D eigenvalue weighted by molar-refractivity contribution is 9.10. The number of amides is 1. The highest BCUT2D eigenvalue weighted by Gasteiger charge is 2.18. The van der Waals surface area contributed by atoms with Gasteiger partial charge in [0.1, 0.15) is 5.52 Å². The molecule has 21 heavy (non-hydrogen) atoms. The van der Waals surface area contributed by atoms with Gasteiger partial charge in [-0.3, -0.25) is 9.36 Å². The van der Waals surface area contributed by atoms with Crippen LogP contribution in [0.2, 0.25) is 0 Å². The second-order valence-corrected chi connectivity index (χ2v) is 5.78. The minimum absolute atomic E-state index is 0.108. The second kappa shape index (κ2) is 5.98. The lowest BCUT2D eigenvalue weighted by molar-refractivity contribution is -0.135. The zero-order valence-corrected chi connectivity index (χ0v) is 13.0. The van der Waals surface area contributed by atoms with Crippen LogP contribution < -0.4 is 5.73 Å². The van der Waals surface area contributed by atoms with Crippen LogP contribution in [0.5, 0.6) is 0 Å². The molecule has 0 aromatic carbocycles. The van der Waals surface area contributed by atoms with E-state index in [-0.39, 0.29) is 5.91 Å². The van der Waals surface area contributed by atoms with Crippen LogP contribution in [-0.4, -0.2) is 51.6 Å². The van der Waals surface area contributed by atoms with Gasteiger partial charge in [-0.15, -0.1) is 0 Å². The van der Waals surface area contributed by atoms with E-state index in [4.69, 9.17) is 10.5 Å². The summed E-state index contributed by atoms with van der Waals surface area (Å²) in [4.78, 5) is 22.6. The van der Waals surface area contributed by atoms with Crippen molar-refractivity contribution in [1.82, 2.24) is 19.4 Å². The Morgan fingerprint density at radius 3 is 2.95 bits per heavy atom. The number of anilines is 1. The molecule has 0 spiro atoms. The van der Waals surface area contributed by atoms with Crippen LogP contribution in [0, 0.1) is 0 Å². The molecule has 3 rings (SSSR count). The molecule has 7 nitrogen and oxygen atoms in total. The first-order chi connectivity index (χ1) is 10.1. The number of morpholine rings is 1. The first-order valence-corrected chi connectivity index (χ1v) is 7.57. The number of fused-ring (bicyclic) bond motifs is 1. The summed E-state index contributed by atoms with van der Waals surface area (Å²) in [6, 6.07) is 1.86. The number of imidazole rings is 1. The molecule has 2 N–H and O–H groups in total. The van der Waals surface area contributed by atoms with Crippen LogP contribution in [0.15, 0.2) is 16.7 Å². The smallest absolute Gasteiger partial charge is 0.224 e. The first-order valence-electron chi connectivity index (χ1n) is 6.78. The Bertz CT molecular complexity index is 666. The number of aryl methyl sites for hydroxylation is 1. The van der Waals surface area contributed by atoms with Crippen molar-refractivity contribution < 1.29 is 9.53 Å². The Labute approximate surface area is 130 Å². The van der Waals surface area contributed by atoms with Gasteiger partial charge in [0.15, 0.2) is 5.65 Å². The maximum absolute atomic E-state index is 12.2. The third-order valence-corrected chi connectivity index (χ3v) is 3.93. The number of hydrogen-bond acceptors (Lipinski definition) is 5. The molecule has 2 aromatic heterocycles. The number of nitrogens with zero attached hydrogens (tertiary/aromatic N) is 4. The minimum atomic E-state index is 0.108. The monoisotopic (exact) mass is 353 g/mol. The highest BCUT2D eigenvalue weighted by Crippen LogP contribution is 2.20. The number of halogens is 1. The van der Waals surface area contributed by atoms with E-state index in [1.54, 1.807) is 10.8 Å². The normalized spacial score (nSPS) is 15.6. The van der Waals surface area contributed by atoms with Crippen molar-refractivity contribution in [1.29, 1.82) is 0 Å². The summed E-state index contributed by atoms with van der Waals surface area (Å²) in [5.41, 5.74) is 7.34. The molecule has 0 unspecified atom stereocenters. The van der Waals surface area contributed by atoms with Gasteiger partial charge in [-0.2, -0.15) is 0 Å². The molecule has 1 fully saturated rings. The highest BCUT2D eigenvalue weighted by atomic mass is 79.9. The Hall–Kier alpha value is -1.67. The van der Waals surface area contributed by atoms with E-state index in [1.807, 2.05) is 11.0 Å². The topological polar surface area (TPSA) is 86.3 Å². The van der Waals surface area contributed by atoms with E-state index < -0.39 is 0 Å². The summed E-state index contributed by atoms with van der Waals surface area (Å²) < 4.78 is 7.87. The van der Waals surface area contributed by atoms with Crippen LogP contribution in [-0.2, 0) is 16.1 Å². The fourth-order valence-electron chi connectivity index (χ4n) is 2.40. The van der Waals surface area contributed by atoms with Gasteiger partial charge in [-0.05, 0) is 22.0 Å². The molecule has 1 saturated heterocycles. The number of nitrogens with two attached hydrogens (primary N) is 1. The Balaban J connectivity index is 1.72. The molecule has 0 radical (unpaired) electrons. The van der Waals surface area contributed by atoms with E-state index in [9.17, 15) is 4.79 Å². The lowest BCUT2D eigenvalue weighted by atomic mass is 10.3. The molecular weight excluding hydrogens is 338 g/mol. The molecule has 1 amide bonds. The molecule has 1 aliphatic rings. The largest absolute Gasteiger partial charge is 0.378 e. The Kier molecular flexibility index (Phi) is 4.07. The summed E-state index contributed by atoms with van der Waals surface area (Å²) in [6.45, 7) is 3.01. The van der Waals surface area contributed by atoms with Crippen molar-refractivity contribution in [3.05, 3.63) is 16.7 Å². The van der Waals surface area contributed by atoms with Crippen LogP contribution in [0.4, 0.5) is 5.95 Å². The molecule has 8 heteroatoms. The van der Waals surface area contributed by atoms with E-state index >= 15 is 0 Å². The van der Waals surface area contributed by atoms with Gasteiger partial charge in [-0.25, -0.2) is 9.97 Å². The number of carbonyl (C=O) groups is 1. The summed E-state index contributed by atoms with van der Waals surface area (Å²) in [5.74, 6) is 0.488. The number of hydrogen-bond donors (Lipinski definition) is 1.